The van der Waals surface area contributed by atoms with Crippen molar-refractivity contribution in [1.82, 2.24) is 4.90 Å². The van der Waals surface area contributed by atoms with E-state index in [-0.39, 0.29) is 33.7 Å². The number of ether oxygens (including phenoxy) is 2. The van der Waals surface area contributed by atoms with E-state index in [1.165, 1.54) is 26.4 Å². The van der Waals surface area contributed by atoms with Crippen LogP contribution in [0.2, 0.25) is 0 Å². The second-order valence-corrected chi connectivity index (χ2v) is 11.4. The number of nitrogens with one attached hydrogen (secondary N) is 1. The topological polar surface area (TPSA) is 84.9 Å². The van der Waals surface area contributed by atoms with Crippen LogP contribution in [0.15, 0.2) is 35.2 Å². The zero-order valence-electron chi connectivity index (χ0n) is 21.9. The molecule has 0 amide bonds. The Bertz CT molecular complexity index is 1190. The van der Waals surface area contributed by atoms with Crippen molar-refractivity contribution in [2.45, 2.75) is 51.3 Å². The molecule has 0 radical (unpaired) electrons. The number of carbonyl (C=O) groups is 1. The van der Waals surface area contributed by atoms with Crippen LogP contribution in [0, 0.1) is 17.7 Å². The van der Waals surface area contributed by atoms with Crippen LogP contribution in [-0.4, -0.2) is 53.1 Å². The van der Waals surface area contributed by atoms with Crippen LogP contribution >= 0.6 is 0 Å². The molecule has 0 aromatic heterocycles. The minimum absolute atomic E-state index is 0.00589. The normalized spacial score (nSPS) is 15.4. The molecule has 2 aromatic carbocycles. The molecule has 1 unspecified atom stereocenters. The fourth-order valence-electron chi connectivity index (χ4n) is 4.61. The molecule has 9 heteroatoms. The van der Waals surface area contributed by atoms with Gasteiger partial charge in [0.15, 0.2) is 0 Å². The Morgan fingerprint density at radius 2 is 1.86 bits per heavy atom. The Balaban J connectivity index is 1.97. The lowest BCUT2D eigenvalue weighted by atomic mass is 9.88. The van der Waals surface area contributed by atoms with Crippen LogP contribution in [-0.2, 0) is 21.2 Å². The molecular formula is C27H37FN2O5S. The highest BCUT2D eigenvalue weighted by Gasteiger charge is 2.29. The zero-order chi connectivity index (χ0) is 26.6. The van der Waals surface area contributed by atoms with Crippen LogP contribution in [0.25, 0.3) is 0 Å². The summed E-state index contributed by atoms with van der Waals surface area (Å²) in [5.41, 5.74) is 1.24. The third-order valence-electron chi connectivity index (χ3n) is 7.13. The molecule has 198 valence electrons. The van der Waals surface area contributed by atoms with Crippen LogP contribution in [0.5, 0.6) is 5.75 Å². The summed E-state index contributed by atoms with van der Waals surface area (Å²) in [4.78, 5) is 15.1. The average molecular weight is 521 g/mol. The number of aryl methyl sites for hydroxylation is 1. The Labute approximate surface area is 214 Å². The van der Waals surface area contributed by atoms with Gasteiger partial charge in [-0.15, -0.1) is 0 Å². The van der Waals surface area contributed by atoms with Crippen molar-refractivity contribution in [3.63, 3.8) is 0 Å². The standard InChI is InChI=1S/C27H37FN2O5S/c1-7-30-15-19(16-30)8-9-20-14-21(28)10-13-24(20)36(32,33)29-23-12-11-22(18(4)17(2)3)26(34-5)25(23)27(31)35-6/h10-14,17-19,29H,7-9,15-16H2,1-6H3. The zero-order valence-corrected chi connectivity index (χ0v) is 22.7. The highest BCUT2D eigenvalue weighted by Crippen LogP contribution is 2.39. The maximum Gasteiger partial charge on any atom is 0.343 e. The van der Waals surface area contributed by atoms with Gasteiger partial charge in [0.25, 0.3) is 10.0 Å². The van der Waals surface area contributed by atoms with Crippen molar-refractivity contribution < 1.29 is 27.1 Å². The first-order valence-corrected chi connectivity index (χ1v) is 13.8. The molecule has 2 aromatic rings. The van der Waals surface area contributed by atoms with E-state index in [1.54, 1.807) is 12.1 Å². The van der Waals surface area contributed by atoms with E-state index < -0.39 is 21.8 Å². The summed E-state index contributed by atoms with van der Waals surface area (Å²) >= 11 is 0. The quantitative estimate of drug-likeness (QED) is 0.417. The van der Waals surface area contributed by atoms with Gasteiger partial charge in [-0.25, -0.2) is 17.6 Å². The van der Waals surface area contributed by atoms with Gasteiger partial charge in [-0.05, 0) is 72.5 Å². The largest absolute Gasteiger partial charge is 0.495 e. The minimum atomic E-state index is -4.14. The van der Waals surface area contributed by atoms with Gasteiger partial charge in [0.2, 0.25) is 0 Å². The van der Waals surface area contributed by atoms with Gasteiger partial charge < -0.3 is 14.4 Å². The molecule has 1 aliphatic heterocycles. The van der Waals surface area contributed by atoms with Crippen molar-refractivity contribution in [2.24, 2.45) is 11.8 Å². The summed E-state index contributed by atoms with van der Waals surface area (Å²) in [5, 5.41) is 0. The lowest BCUT2D eigenvalue weighted by molar-refractivity contribution is 0.0598. The Morgan fingerprint density at radius 1 is 1.17 bits per heavy atom. The number of sulfonamides is 1. The first-order valence-electron chi connectivity index (χ1n) is 12.3. The number of hydrogen-bond acceptors (Lipinski definition) is 6. The summed E-state index contributed by atoms with van der Waals surface area (Å²) < 4.78 is 54.2. The Hall–Kier alpha value is -2.65. The minimum Gasteiger partial charge on any atom is -0.495 e. The predicted molar refractivity (Wildman–Crippen MR) is 139 cm³/mol. The lowest BCUT2D eigenvalue weighted by Gasteiger charge is -2.38. The molecule has 1 aliphatic rings. The average Bonchev–Trinajstić information content (AvgIpc) is 2.81. The molecule has 3 rings (SSSR count). The van der Waals surface area contributed by atoms with E-state index >= 15 is 0 Å². The van der Waals surface area contributed by atoms with Crippen LogP contribution in [0.3, 0.4) is 0 Å². The maximum absolute atomic E-state index is 14.1. The molecule has 1 atom stereocenters. The number of hydrogen-bond donors (Lipinski definition) is 1. The van der Waals surface area contributed by atoms with Crippen LogP contribution in [0.4, 0.5) is 10.1 Å². The number of halogens is 1. The predicted octanol–water partition coefficient (Wildman–Crippen LogP) is 5.07. The van der Waals surface area contributed by atoms with E-state index in [0.717, 1.165) is 37.7 Å². The third-order valence-corrected chi connectivity index (χ3v) is 8.60. The Kier molecular flexibility index (Phi) is 9.00. The molecule has 0 saturated carbocycles. The molecule has 1 fully saturated rings. The maximum atomic E-state index is 14.1. The summed E-state index contributed by atoms with van der Waals surface area (Å²) in [6.07, 6.45) is 1.21. The van der Waals surface area contributed by atoms with Gasteiger partial charge in [-0.1, -0.05) is 33.8 Å². The molecule has 1 saturated heterocycles. The van der Waals surface area contributed by atoms with E-state index in [2.05, 4.69) is 30.4 Å². The molecule has 0 aliphatic carbocycles. The first-order chi connectivity index (χ1) is 17.0. The van der Waals surface area contributed by atoms with Gasteiger partial charge in [-0.2, -0.15) is 0 Å². The molecule has 1 N–H and O–H groups in total. The number of likely N-dealkylation sites (tertiary alicyclic amines) is 1. The van der Waals surface area contributed by atoms with Crippen LogP contribution in [0.1, 0.15) is 61.5 Å². The van der Waals surface area contributed by atoms with Crippen molar-refractivity contribution >= 4 is 21.7 Å². The van der Waals surface area contributed by atoms with Gasteiger partial charge in [0, 0.05) is 13.1 Å². The van der Waals surface area contributed by atoms with Gasteiger partial charge in [-0.3, -0.25) is 4.72 Å². The molecule has 0 bridgehead atoms. The summed E-state index contributed by atoms with van der Waals surface area (Å²) in [6, 6.07) is 7.00. The highest BCUT2D eigenvalue weighted by atomic mass is 32.2. The van der Waals surface area contributed by atoms with E-state index in [1.807, 2.05) is 6.92 Å². The number of rotatable bonds is 11. The van der Waals surface area contributed by atoms with E-state index in [4.69, 9.17) is 9.47 Å². The molecule has 0 spiro atoms. The Morgan fingerprint density at radius 3 is 2.44 bits per heavy atom. The fraction of sp³-hybridized carbons (Fsp3) is 0.519. The highest BCUT2D eigenvalue weighted by molar-refractivity contribution is 7.92. The summed E-state index contributed by atoms with van der Waals surface area (Å²) in [6.45, 7) is 11.1. The van der Waals surface area contributed by atoms with Crippen molar-refractivity contribution in [1.29, 1.82) is 0 Å². The number of esters is 1. The third kappa shape index (κ3) is 6.00. The number of anilines is 1. The SMILES string of the molecule is CCN1CC(CCc2cc(F)ccc2S(=O)(=O)Nc2ccc(C(C)C(C)C)c(OC)c2C(=O)OC)C1. The molecule has 1 heterocycles. The summed E-state index contributed by atoms with van der Waals surface area (Å²) in [5.74, 6) is -0.166. The van der Waals surface area contributed by atoms with Crippen molar-refractivity contribution in [3.05, 3.63) is 52.8 Å². The van der Waals surface area contributed by atoms with Gasteiger partial charge in [0.1, 0.15) is 17.1 Å². The number of benzene rings is 2. The summed E-state index contributed by atoms with van der Waals surface area (Å²) in [7, 11) is -1.47. The second-order valence-electron chi connectivity index (χ2n) is 9.75. The second kappa shape index (κ2) is 11.6. The number of nitrogens with zero attached hydrogens (tertiary/aromatic N) is 1. The molecule has 36 heavy (non-hydrogen) atoms. The molecule has 7 nitrogen and oxygen atoms in total. The molecular weight excluding hydrogens is 483 g/mol. The van der Waals surface area contributed by atoms with Crippen molar-refractivity contribution in [3.8, 4) is 5.75 Å². The van der Waals surface area contributed by atoms with Gasteiger partial charge >= 0.3 is 5.97 Å². The van der Waals surface area contributed by atoms with Crippen molar-refractivity contribution in [2.75, 3.05) is 38.6 Å². The van der Waals surface area contributed by atoms with Crippen LogP contribution < -0.4 is 9.46 Å². The smallest absolute Gasteiger partial charge is 0.343 e. The number of carbonyl (C=O) groups excluding carboxylic acids is 1. The van der Waals surface area contributed by atoms with E-state index in [9.17, 15) is 17.6 Å². The monoisotopic (exact) mass is 520 g/mol. The van der Waals surface area contributed by atoms with E-state index in [0.29, 0.717) is 17.9 Å². The first kappa shape index (κ1) is 27.9. The lowest BCUT2D eigenvalue weighted by Crippen LogP contribution is -2.46. The number of methoxy groups -OCH3 is 2. The van der Waals surface area contributed by atoms with Gasteiger partial charge in [0.05, 0.1) is 24.8 Å². The fourth-order valence-corrected chi connectivity index (χ4v) is 5.93.